The largest absolute Gasteiger partial charge is 0.490 e. The molecule has 0 saturated heterocycles. The van der Waals surface area contributed by atoms with Gasteiger partial charge < -0.3 is 14.5 Å². The molecule has 0 aliphatic heterocycles. The first kappa shape index (κ1) is 19.0. The fraction of sp³-hybridized carbons (Fsp3) is 0.130. The summed E-state index contributed by atoms with van der Waals surface area (Å²) in [5.74, 6) is 1.70. The summed E-state index contributed by atoms with van der Waals surface area (Å²) in [5.41, 5.74) is 2.22. The van der Waals surface area contributed by atoms with E-state index in [0.717, 1.165) is 11.1 Å². The zero-order valence-corrected chi connectivity index (χ0v) is 16.6. The van der Waals surface area contributed by atoms with Crippen molar-refractivity contribution in [3.8, 4) is 22.9 Å². The number of rotatable bonds is 6. The highest BCUT2D eigenvalue weighted by atomic mass is 35.5. The SMILES string of the molecule is CCOc1cc(-c2nc3ccccc3c(=O)[nH]2)ccc1OCc1ccc(Cl)cc1. The second-order valence-electron chi connectivity index (χ2n) is 6.44. The Morgan fingerprint density at radius 3 is 2.55 bits per heavy atom. The predicted octanol–water partition coefficient (Wildman–Crippen LogP) is 5.22. The maximum Gasteiger partial charge on any atom is 0.259 e. The lowest BCUT2D eigenvalue weighted by molar-refractivity contribution is 0.269. The van der Waals surface area contributed by atoms with Crippen LogP contribution in [0.15, 0.2) is 71.5 Å². The summed E-state index contributed by atoms with van der Waals surface area (Å²) in [7, 11) is 0. The standard InChI is InChI=1S/C23H19ClN2O3/c1-2-28-21-13-16(22-25-19-6-4-3-5-18(19)23(27)26-22)9-12-20(21)29-14-15-7-10-17(24)11-8-15/h3-13H,2,14H2,1H3,(H,25,26,27). The van der Waals surface area contributed by atoms with Gasteiger partial charge in [0.05, 0.1) is 17.5 Å². The summed E-state index contributed by atoms with van der Waals surface area (Å²) in [6.45, 7) is 2.79. The van der Waals surface area contributed by atoms with Gasteiger partial charge in [0.2, 0.25) is 0 Å². The number of aromatic nitrogens is 2. The highest BCUT2D eigenvalue weighted by molar-refractivity contribution is 6.30. The minimum Gasteiger partial charge on any atom is -0.490 e. The summed E-state index contributed by atoms with van der Waals surface area (Å²) >= 11 is 5.93. The summed E-state index contributed by atoms with van der Waals surface area (Å²) < 4.78 is 11.7. The molecule has 0 unspecified atom stereocenters. The van der Waals surface area contributed by atoms with Crippen LogP contribution in [0.2, 0.25) is 5.02 Å². The Morgan fingerprint density at radius 2 is 1.76 bits per heavy atom. The lowest BCUT2D eigenvalue weighted by Crippen LogP contribution is -2.09. The lowest BCUT2D eigenvalue weighted by Gasteiger charge is -2.13. The van der Waals surface area contributed by atoms with E-state index in [2.05, 4.69) is 9.97 Å². The van der Waals surface area contributed by atoms with Crippen LogP contribution in [0.1, 0.15) is 12.5 Å². The topological polar surface area (TPSA) is 64.2 Å². The maximum absolute atomic E-state index is 12.4. The molecule has 29 heavy (non-hydrogen) atoms. The van der Waals surface area contributed by atoms with Crippen molar-refractivity contribution >= 4 is 22.5 Å². The number of benzene rings is 3. The van der Waals surface area contributed by atoms with Crippen LogP contribution < -0.4 is 15.0 Å². The molecule has 1 heterocycles. The van der Waals surface area contributed by atoms with Crippen molar-refractivity contribution in [2.45, 2.75) is 13.5 Å². The van der Waals surface area contributed by atoms with Crippen LogP contribution in [0.5, 0.6) is 11.5 Å². The van der Waals surface area contributed by atoms with E-state index in [4.69, 9.17) is 21.1 Å². The molecule has 0 spiro atoms. The number of halogens is 1. The fourth-order valence-corrected chi connectivity index (χ4v) is 3.13. The van der Waals surface area contributed by atoms with Crippen molar-refractivity contribution < 1.29 is 9.47 Å². The summed E-state index contributed by atoms with van der Waals surface area (Å²) in [6, 6.07) is 20.2. The van der Waals surface area contributed by atoms with Crippen molar-refractivity contribution in [2.24, 2.45) is 0 Å². The number of fused-ring (bicyclic) bond motifs is 1. The molecule has 0 amide bonds. The molecule has 0 fully saturated rings. The van der Waals surface area contributed by atoms with Crippen LogP contribution in [-0.4, -0.2) is 16.6 Å². The molecular formula is C23H19ClN2O3. The van der Waals surface area contributed by atoms with Crippen LogP contribution in [0, 0.1) is 0 Å². The molecule has 0 atom stereocenters. The van der Waals surface area contributed by atoms with Crippen LogP contribution >= 0.6 is 11.6 Å². The Balaban J connectivity index is 1.65. The van der Waals surface area contributed by atoms with Gasteiger partial charge in [0, 0.05) is 10.6 Å². The second-order valence-corrected chi connectivity index (χ2v) is 6.88. The Hall–Kier alpha value is -3.31. The molecule has 5 nitrogen and oxygen atoms in total. The highest BCUT2D eigenvalue weighted by Gasteiger charge is 2.11. The van der Waals surface area contributed by atoms with E-state index in [1.807, 2.05) is 67.6 Å². The summed E-state index contributed by atoms with van der Waals surface area (Å²) in [4.78, 5) is 19.8. The van der Waals surface area contributed by atoms with E-state index in [-0.39, 0.29) is 5.56 Å². The summed E-state index contributed by atoms with van der Waals surface area (Å²) in [6.07, 6.45) is 0. The molecule has 4 rings (SSSR count). The predicted molar refractivity (Wildman–Crippen MR) is 115 cm³/mol. The molecular weight excluding hydrogens is 388 g/mol. The number of hydrogen-bond donors (Lipinski definition) is 1. The number of para-hydroxylation sites is 1. The van der Waals surface area contributed by atoms with Crippen molar-refractivity contribution in [1.29, 1.82) is 0 Å². The third kappa shape index (κ3) is 4.25. The highest BCUT2D eigenvalue weighted by Crippen LogP contribution is 2.32. The lowest BCUT2D eigenvalue weighted by atomic mass is 10.1. The van der Waals surface area contributed by atoms with Crippen LogP contribution in [0.25, 0.3) is 22.3 Å². The Labute approximate surface area is 172 Å². The van der Waals surface area contributed by atoms with Gasteiger partial charge in [-0.1, -0.05) is 35.9 Å². The van der Waals surface area contributed by atoms with E-state index in [1.165, 1.54) is 0 Å². The first-order valence-corrected chi connectivity index (χ1v) is 9.65. The second kappa shape index (κ2) is 8.37. The van der Waals surface area contributed by atoms with Gasteiger partial charge in [0.25, 0.3) is 5.56 Å². The third-order valence-corrected chi connectivity index (χ3v) is 4.69. The maximum atomic E-state index is 12.4. The minimum absolute atomic E-state index is 0.174. The average molecular weight is 407 g/mol. The smallest absolute Gasteiger partial charge is 0.259 e. The van der Waals surface area contributed by atoms with Crippen LogP contribution in [0.3, 0.4) is 0 Å². The molecule has 1 N–H and O–H groups in total. The monoisotopic (exact) mass is 406 g/mol. The van der Waals surface area contributed by atoms with Crippen molar-refractivity contribution in [1.82, 2.24) is 9.97 Å². The quantitative estimate of drug-likeness (QED) is 0.476. The number of aromatic amines is 1. The van der Waals surface area contributed by atoms with Gasteiger partial charge in [-0.25, -0.2) is 4.98 Å². The Morgan fingerprint density at radius 1 is 0.966 bits per heavy atom. The Bertz CT molecular complexity index is 1200. The normalized spacial score (nSPS) is 10.8. The molecule has 0 bridgehead atoms. The van der Waals surface area contributed by atoms with Crippen LogP contribution in [-0.2, 0) is 6.61 Å². The van der Waals surface area contributed by atoms with Gasteiger partial charge in [-0.15, -0.1) is 0 Å². The van der Waals surface area contributed by atoms with E-state index in [9.17, 15) is 4.79 Å². The molecule has 146 valence electrons. The minimum atomic E-state index is -0.174. The molecule has 1 aromatic heterocycles. The molecule has 6 heteroatoms. The molecule has 3 aromatic carbocycles. The van der Waals surface area contributed by atoms with E-state index >= 15 is 0 Å². The molecule has 0 saturated carbocycles. The number of nitrogens with zero attached hydrogens (tertiary/aromatic N) is 1. The number of ether oxygens (including phenoxy) is 2. The fourth-order valence-electron chi connectivity index (χ4n) is 3.01. The first-order chi connectivity index (χ1) is 14.1. The molecule has 0 radical (unpaired) electrons. The zero-order valence-electron chi connectivity index (χ0n) is 15.8. The van der Waals surface area contributed by atoms with Crippen molar-refractivity contribution in [3.63, 3.8) is 0 Å². The van der Waals surface area contributed by atoms with Gasteiger partial charge in [0.15, 0.2) is 11.5 Å². The van der Waals surface area contributed by atoms with Gasteiger partial charge in [-0.2, -0.15) is 0 Å². The van der Waals surface area contributed by atoms with E-state index in [1.54, 1.807) is 6.07 Å². The number of H-pyrrole nitrogens is 1. The van der Waals surface area contributed by atoms with Crippen LogP contribution in [0.4, 0.5) is 0 Å². The van der Waals surface area contributed by atoms with Crippen molar-refractivity contribution in [2.75, 3.05) is 6.61 Å². The number of hydrogen-bond acceptors (Lipinski definition) is 4. The summed E-state index contributed by atoms with van der Waals surface area (Å²) in [5, 5.41) is 1.24. The van der Waals surface area contributed by atoms with Gasteiger partial charge in [-0.3, -0.25) is 4.79 Å². The third-order valence-electron chi connectivity index (χ3n) is 4.44. The molecule has 4 aromatic rings. The van der Waals surface area contributed by atoms with E-state index in [0.29, 0.717) is 46.5 Å². The number of nitrogens with one attached hydrogen (secondary N) is 1. The van der Waals surface area contributed by atoms with Gasteiger partial charge >= 0.3 is 0 Å². The van der Waals surface area contributed by atoms with E-state index < -0.39 is 0 Å². The average Bonchev–Trinajstić information content (AvgIpc) is 2.74. The molecule has 0 aliphatic carbocycles. The Kier molecular flexibility index (Phi) is 5.49. The molecule has 0 aliphatic rings. The van der Waals surface area contributed by atoms with Gasteiger partial charge in [-0.05, 0) is 55.0 Å². The van der Waals surface area contributed by atoms with Crippen molar-refractivity contribution in [3.05, 3.63) is 87.7 Å². The van der Waals surface area contributed by atoms with Gasteiger partial charge in [0.1, 0.15) is 12.4 Å². The first-order valence-electron chi connectivity index (χ1n) is 9.27. The zero-order chi connectivity index (χ0) is 20.2.